The molecule has 0 N–H and O–H groups in total. The molecule has 1 atom stereocenters. The number of aromatic nitrogens is 2. The van der Waals surface area contributed by atoms with E-state index in [0.717, 1.165) is 4.57 Å². The van der Waals surface area contributed by atoms with E-state index < -0.39 is 28.0 Å². The van der Waals surface area contributed by atoms with Gasteiger partial charge in [-0.1, -0.05) is 50.2 Å². The summed E-state index contributed by atoms with van der Waals surface area (Å²) in [5.74, 6) is -2.08. The predicted molar refractivity (Wildman–Crippen MR) is 132 cm³/mol. The molecule has 10 nitrogen and oxygen atoms in total. The number of hydrogen-bond acceptors (Lipinski definition) is 6. The van der Waals surface area contributed by atoms with Crippen molar-refractivity contribution in [3.05, 3.63) is 107 Å². The van der Waals surface area contributed by atoms with Crippen LogP contribution in [0, 0.1) is 16.0 Å². The summed E-state index contributed by atoms with van der Waals surface area (Å²) in [4.78, 5) is 66.1. The van der Waals surface area contributed by atoms with Crippen LogP contribution in [0.15, 0.2) is 63.7 Å². The fraction of sp³-hybridized carbons (Fsp3) is 0.231. The van der Waals surface area contributed by atoms with Crippen LogP contribution in [0.5, 0.6) is 0 Å². The molecule has 0 bridgehead atoms. The second-order valence-electron chi connectivity index (χ2n) is 9.19. The Kier molecular flexibility index (Phi) is 5.13. The van der Waals surface area contributed by atoms with Gasteiger partial charge in [0.05, 0.1) is 16.2 Å². The van der Waals surface area contributed by atoms with Crippen molar-refractivity contribution in [2.45, 2.75) is 19.8 Å². The molecule has 2 aliphatic rings. The summed E-state index contributed by atoms with van der Waals surface area (Å²) in [6.07, 6.45) is 0. The van der Waals surface area contributed by atoms with E-state index in [0.29, 0.717) is 22.4 Å². The number of rotatable bonds is 3. The monoisotopic (exact) mass is 486 g/mol. The second-order valence-corrected chi connectivity index (χ2v) is 9.19. The Hall–Kier alpha value is -4.60. The van der Waals surface area contributed by atoms with E-state index >= 15 is 0 Å². The van der Waals surface area contributed by atoms with E-state index in [4.69, 9.17) is 0 Å². The number of allylic oxidation sites excluding steroid dienone is 1. The molecule has 1 aliphatic heterocycles. The first-order valence-electron chi connectivity index (χ1n) is 11.3. The number of nitrogens with zero attached hydrogens (tertiary/aromatic N) is 4. The minimum Gasteiger partial charge on any atom is -0.289 e. The summed E-state index contributed by atoms with van der Waals surface area (Å²) >= 11 is 0. The minimum absolute atomic E-state index is 0.0855. The molecule has 0 unspecified atom stereocenters. The predicted octanol–water partition coefficient (Wildman–Crippen LogP) is 2.73. The van der Waals surface area contributed by atoms with Gasteiger partial charge >= 0.3 is 5.69 Å². The molecule has 5 rings (SSSR count). The summed E-state index contributed by atoms with van der Waals surface area (Å²) in [6.45, 7) is 3.40. The van der Waals surface area contributed by atoms with Crippen molar-refractivity contribution in [1.82, 2.24) is 9.13 Å². The quantitative estimate of drug-likeness (QED) is 0.414. The van der Waals surface area contributed by atoms with E-state index in [1.807, 2.05) is 0 Å². The number of nitro benzene ring substituents is 1. The van der Waals surface area contributed by atoms with E-state index in [-0.39, 0.29) is 34.3 Å². The number of anilines is 1. The highest BCUT2D eigenvalue weighted by atomic mass is 16.6. The highest BCUT2D eigenvalue weighted by molar-refractivity contribution is 6.27. The number of Topliss-reactive ketones (excluding diaryl/α,β-unsaturated/α-hetero) is 1. The third-order valence-electron chi connectivity index (χ3n) is 6.76. The molecule has 10 heteroatoms. The summed E-state index contributed by atoms with van der Waals surface area (Å²) in [6, 6.07) is 12.5. The highest BCUT2D eigenvalue weighted by Gasteiger charge is 2.48. The van der Waals surface area contributed by atoms with Crippen molar-refractivity contribution >= 4 is 28.9 Å². The molecule has 0 radical (unpaired) electrons. The van der Waals surface area contributed by atoms with Gasteiger partial charge in [-0.3, -0.25) is 38.5 Å². The lowest BCUT2D eigenvalue weighted by atomic mass is 9.80. The first kappa shape index (κ1) is 23.2. The van der Waals surface area contributed by atoms with Gasteiger partial charge in [0, 0.05) is 54.8 Å². The molecule has 3 aromatic rings. The van der Waals surface area contributed by atoms with Crippen LogP contribution in [0.1, 0.15) is 46.8 Å². The van der Waals surface area contributed by atoms with Gasteiger partial charge in [-0.15, -0.1) is 0 Å². The maximum absolute atomic E-state index is 13.8. The Balaban J connectivity index is 1.95. The zero-order chi connectivity index (χ0) is 26.0. The average molecular weight is 486 g/mol. The minimum atomic E-state index is -0.947. The zero-order valence-electron chi connectivity index (χ0n) is 20.0. The smallest absolute Gasteiger partial charge is 0.289 e. The number of fused-ring (bicyclic) bond motifs is 3. The van der Waals surface area contributed by atoms with Crippen molar-refractivity contribution in [2.24, 2.45) is 20.0 Å². The van der Waals surface area contributed by atoms with Crippen molar-refractivity contribution in [2.75, 3.05) is 4.90 Å². The third-order valence-corrected chi connectivity index (χ3v) is 6.76. The number of benzene rings is 2. The molecule has 1 amide bonds. The average Bonchev–Trinajstić information content (AvgIpc) is 3.16. The Morgan fingerprint density at radius 1 is 0.944 bits per heavy atom. The molecule has 0 saturated heterocycles. The molecular weight excluding hydrogens is 464 g/mol. The molecule has 0 spiro atoms. The molecule has 1 aliphatic carbocycles. The lowest BCUT2D eigenvalue weighted by Crippen LogP contribution is -2.48. The molecule has 0 saturated carbocycles. The lowest BCUT2D eigenvalue weighted by molar-refractivity contribution is -0.384. The number of amides is 1. The number of ketones is 1. The van der Waals surface area contributed by atoms with E-state index in [1.165, 1.54) is 47.8 Å². The SMILES string of the molecule is CC(C)C(=O)N1C2=C(C(=O)c3ccccc32)[C@@H](c2ccc([N+](=O)[O-])cc2)c2c1n(C)c(=O)n(C)c2=O. The summed E-state index contributed by atoms with van der Waals surface area (Å²) in [5, 5.41) is 11.2. The summed E-state index contributed by atoms with van der Waals surface area (Å²) in [5.41, 5.74) is 0.594. The first-order valence-corrected chi connectivity index (χ1v) is 11.3. The molecule has 36 heavy (non-hydrogen) atoms. The molecule has 182 valence electrons. The van der Waals surface area contributed by atoms with Crippen molar-refractivity contribution in [1.29, 1.82) is 0 Å². The van der Waals surface area contributed by atoms with E-state index in [1.54, 1.807) is 38.1 Å². The number of non-ortho nitro benzene ring substituents is 1. The van der Waals surface area contributed by atoms with Gasteiger partial charge in [-0.05, 0) is 5.56 Å². The maximum atomic E-state index is 13.8. The van der Waals surface area contributed by atoms with Crippen LogP contribution in [-0.4, -0.2) is 25.7 Å². The van der Waals surface area contributed by atoms with Crippen LogP contribution in [-0.2, 0) is 18.9 Å². The topological polar surface area (TPSA) is 125 Å². The standard InChI is InChI=1S/C26H22N4O6/c1-13(2)24(32)29-21-16-7-5-6-8-17(16)22(31)19(21)18(14-9-11-15(12-10-14)30(35)36)20-23(29)27(3)26(34)28(4)25(20)33/h5-13,18H,1-4H3/t18-/m1/s1. The fourth-order valence-corrected chi connectivity index (χ4v) is 5.02. The van der Waals surface area contributed by atoms with Crippen molar-refractivity contribution in [3.8, 4) is 0 Å². The maximum Gasteiger partial charge on any atom is 0.332 e. The van der Waals surface area contributed by atoms with Crippen LogP contribution in [0.3, 0.4) is 0 Å². The summed E-state index contributed by atoms with van der Waals surface area (Å²) < 4.78 is 2.18. The molecule has 2 heterocycles. The van der Waals surface area contributed by atoms with Crippen LogP contribution in [0.4, 0.5) is 11.5 Å². The van der Waals surface area contributed by atoms with Crippen LogP contribution in [0.25, 0.3) is 5.70 Å². The normalized spacial score (nSPS) is 16.2. The Bertz CT molecular complexity index is 1640. The summed E-state index contributed by atoms with van der Waals surface area (Å²) in [7, 11) is 2.81. The number of carbonyl (C=O) groups excluding carboxylic acids is 2. The number of hydrogen-bond donors (Lipinski definition) is 0. The van der Waals surface area contributed by atoms with Crippen molar-refractivity contribution < 1.29 is 14.5 Å². The highest BCUT2D eigenvalue weighted by Crippen LogP contribution is 2.51. The van der Waals surface area contributed by atoms with Crippen LogP contribution >= 0.6 is 0 Å². The van der Waals surface area contributed by atoms with Crippen LogP contribution < -0.4 is 16.1 Å². The lowest BCUT2D eigenvalue weighted by Gasteiger charge is -2.37. The number of nitro groups is 1. The zero-order valence-corrected chi connectivity index (χ0v) is 20.0. The molecule has 0 fully saturated rings. The van der Waals surface area contributed by atoms with Gasteiger partial charge in [0.15, 0.2) is 5.78 Å². The second kappa shape index (κ2) is 7.98. The van der Waals surface area contributed by atoms with Crippen LogP contribution in [0.2, 0.25) is 0 Å². The van der Waals surface area contributed by atoms with Gasteiger partial charge in [0.25, 0.3) is 11.2 Å². The van der Waals surface area contributed by atoms with E-state index in [2.05, 4.69) is 0 Å². The van der Waals surface area contributed by atoms with Crippen molar-refractivity contribution in [3.63, 3.8) is 0 Å². The Morgan fingerprint density at radius 2 is 1.56 bits per heavy atom. The van der Waals surface area contributed by atoms with Gasteiger partial charge in [0.2, 0.25) is 5.91 Å². The largest absolute Gasteiger partial charge is 0.332 e. The molecular formula is C26H22N4O6. The molecule has 2 aromatic carbocycles. The Morgan fingerprint density at radius 3 is 2.14 bits per heavy atom. The van der Waals surface area contributed by atoms with Gasteiger partial charge in [-0.2, -0.15) is 0 Å². The van der Waals surface area contributed by atoms with Gasteiger partial charge in [-0.25, -0.2) is 4.79 Å². The number of carbonyl (C=O) groups is 2. The first-order chi connectivity index (χ1) is 17.1. The molecule has 1 aromatic heterocycles. The van der Waals surface area contributed by atoms with E-state index in [9.17, 15) is 29.3 Å². The Labute approximate surface area is 204 Å². The fourth-order valence-electron chi connectivity index (χ4n) is 5.02. The van der Waals surface area contributed by atoms with Gasteiger partial charge < -0.3 is 0 Å². The third kappa shape index (κ3) is 3.03. The van der Waals surface area contributed by atoms with Gasteiger partial charge in [0.1, 0.15) is 5.82 Å².